The number of likely N-dealkylation sites (tertiary alicyclic amines) is 1. The number of nitrogens with zero attached hydrogens (tertiary/aromatic N) is 1. The molecule has 33 heavy (non-hydrogen) atoms. The second kappa shape index (κ2) is 8.86. The number of nitrogens with one attached hydrogen (secondary N) is 1. The van der Waals surface area contributed by atoms with Crippen LogP contribution in [0.3, 0.4) is 0 Å². The average molecular weight is 450 g/mol. The number of alkyl carbamates (subject to hydrolysis) is 1. The second-order valence-corrected chi connectivity index (χ2v) is 8.82. The van der Waals surface area contributed by atoms with Crippen molar-refractivity contribution in [3.05, 3.63) is 59.7 Å². The van der Waals surface area contributed by atoms with Crippen molar-refractivity contribution in [3.63, 3.8) is 0 Å². The van der Waals surface area contributed by atoms with Crippen LogP contribution >= 0.6 is 0 Å². The zero-order valence-corrected chi connectivity index (χ0v) is 18.1. The van der Waals surface area contributed by atoms with E-state index in [-0.39, 0.29) is 24.7 Å². The minimum atomic E-state index is -1.18. The van der Waals surface area contributed by atoms with Crippen molar-refractivity contribution in [1.82, 2.24) is 10.2 Å². The SMILES string of the molecule is O=C(O)CC(NC(=O)OCC1c2ccccc2-c2ccccc21)C(=O)N1CC2CCC(C1)O2. The monoisotopic (exact) mass is 450 g/mol. The Labute approximate surface area is 191 Å². The lowest BCUT2D eigenvalue weighted by molar-refractivity contribution is -0.146. The Morgan fingerprint density at radius 2 is 1.58 bits per heavy atom. The highest BCUT2D eigenvalue weighted by atomic mass is 16.5. The molecule has 0 radical (unpaired) electrons. The molecule has 2 aromatic rings. The van der Waals surface area contributed by atoms with Gasteiger partial charge in [0.1, 0.15) is 12.6 Å². The average Bonchev–Trinajstić information content (AvgIpc) is 3.32. The fraction of sp³-hybridized carbons (Fsp3) is 0.400. The molecular formula is C25H26N2O6. The van der Waals surface area contributed by atoms with Crippen LogP contribution in [0.4, 0.5) is 4.79 Å². The maximum atomic E-state index is 13.0. The number of fused-ring (bicyclic) bond motifs is 5. The van der Waals surface area contributed by atoms with E-state index < -0.39 is 30.4 Å². The van der Waals surface area contributed by atoms with E-state index in [1.54, 1.807) is 4.90 Å². The Hall–Kier alpha value is -3.39. The number of carboxylic acids is 1. The molecule has 8 heteroatoms. The number of rotatable bonds is 6. The zero-order chi connectivity index (χ0) is 22.9. The number of hydrogen-bond acceptors (Lipinski definition) is 5. The van der Waals surface area contributed by atoms with Crippen LogP contribution < -0.4 is 5.32 Å². The van der Waals surface area contributed by atoms with Crippen LogP contribution in [-0.2, 0) is 19.1 Å². The normalized spacial score (nSPS) is 21.8. The number of carboxylic acid groups (broad SMARTS) is 1. The van der Waals surface area contributed by atoms with Gasteiger partial charge in [0.2, 0.25) is 5.91 Å². The summed E-state index contributed by atoms with van der Waals surface area (Å²) in [6, 6.07) is 14.8. The number of morpholine rings is 1. The molecule has 3 unspecified atom stereocenters. The highest BCUT2D eigenvalue weighted by Crippen LogP contribution is 2.44. The zero-order valence-electron chi connectivity index (χ0n) is 18.1. The fourth-order valence-corrected chi connectivity index (χ4v) is 5.17. The first-order chi connectivity index (χ1) is 16.0. The van der Waals surface area contributed by atoms with E-state index >= 15 is 0 Å². The summed E-state index contributed by atoms with van der Waals surface area (Å²) in [4.78, 5) is 38.6. The number of amides is 2. The van der Waals surface area contributed by atoms with E-state index in [9.17, 15) is 19.5 Å². The van der Waals surface area contributed by atoms with Gasteiger partial charge >= 0.3 is 12.1 Å². The first-order valence-corrected chi connectivity index (χ1v) is 11.3. The number of aliphatic carboxylic acids is 1. The summed E-state index contributed by atoms with van der Waals surface area (Å²) < 4.78 is 11.3. The van der Waals surface area contributed by atoms with Crippen LogP contribution in [0.2, 0.25) is 0 Å². The first-order valence-electron chi connectivity index (χ1n) is 11.3. The third-order valence-electron chi connectivity index (χ3n) is 6.67. The van der Waals surface area contributed by atoms with Gasteiger partial charge in [-0.3, -0.25) is 9.59 Å². The highest BCUT2D eigenvalue weighted by Gasteiger charge is 2.39. The molecule has 2 N–H and O–H groups in total. The van der Waals surface area contributed by atoms with Gasteiger partial charge in [0.25, 0.3) is 0 Å². The minimum Gasteiger partial charge on any atom is -0.481 e. The molecule has 172 valence electrons. The molecule has 3 atom stereocenters. The van der Waals surface area contributed by atoms with Gasteiger partial charge in [-0.05, 0) is 35.1 Å². The van der Waals surface area contributed by atoms with Crippen molar-refractivity contribution < 1.29 is 29.0 Å². The molecular weight excluding hydrogens is 424 g/mol. The van der Waals surface area contributed by atoms with Crippen LogP contribution in [0.5, 0.6) is 0 Å². The van der Waals surface area contributed by atoms with Gasteiger partial charge in [-0.25, -0.2) is 4.79 Å². The number of hydrogen-bond donors (Lipinski definition) is 2. The van der Waals surface area contributed by atoms with Crippen molar-refractivity contribution >= 4 is 18.0 Å². The van der Waals surface area contributed by atoms with Crippen LogP contribution in [0, 0.1) is 0 Å². The van der Waals surface area contributed by atoms with Gasteiger partial charge in [-0.1, -0.05) is 48.5 Å². The summed E-state index contributed by atoms with van der Waals surface area (Å²) in [5, 5.41) is 11.8. The molecule has 2 fully saturated rings. The molecule has 3 aliphatic rings. The predicted octanol–water partition coefficient (Wildman–Crippen LogP) is 2.76. The van der Waals surface area contributed by atoms with E-state index in [0.29, 0.717) is 13.1 Å². The van der Waals surface area contributed by atoms with Crippen LogP contribution in [0.1, 0.15) is 36.3 Å². The quantitative estimate of drug-likeness (QED) is 0.701. The molecule has 2 aliphatic heterocycles. The van der Waals surface area contributed by atoms with Gasteiger partial charge in [-0.15, -0.1) is 0 Å². The second-order valence-electron chi connectivity index (χ2n) is 8.82. The first kappa shape index (κ1) is 21.5. The van der Waals surface area contributed by atoms with Crippen LogP contribution in [-0.4, -0.2) is 65.9 Å². The third-order valence-corrected chi connectivity index (χ3v) is 6.67. The smallest absolute Gasteiger partial charge is 0.407 e. The predicted molar refractivity (Wildman–Crippen MR) is 119 cm³/mol. The number of carbonyl (C=O) groups excluding carboxylic acids is 2. The van der Waals surface area contributed by atoms with Crippen LogP contribution in [0.15, 0.2) is 48.5 Å². The Balaban J connectivity index is 1.25. The van der Waals surface area contributed by atoms with E-state index in [4.69, 9.17) is 9.47 Å². The molecule has 0 saturated carbocycles. The summed E-state index contributed by atoms with van der Waals surface area (Å²) in [5.41, 5.74) is 4.38. The molecule has 2 bridgehead atoms. The molecule has 5 rings (SSSR count). The molecule has 2 aromatic carbocycles. The minimum absolute atomic E-state index is 0.0207. The standard InChI is InChI=1S/C25H26N2O6/c28-23(29)11-22(24(30)27-12-15-9-10-16(13-27)33-15)26-25(31)32-14-21-19-7-3-1-5-17(19)18-6-2-4-8-20(18)21/h1-8,15-16,21-22H,9-14H2,(H,26,31)(H,28,29). The molecule has 0 aromatic heterocycles. The van der Waals surface area contributed by atoms with Gasteiger partial charge in [0.15, 0.2) is 0 Å². The van der Waals surface area contributed by atoms with Gasteiger partial charge < -0.3 is 24.8 Å². The number of ether oxygens (including phenoxy) is 2. The molecule has 8 nitrogen and oxygen atoms in total. The van der Waals surface area contributed by atoms with Crippen LogP contribution in [0.25, 0.3) is 11.1 Å². The Kier molecular flexibility index (Phi) is 5.76. The van der Waals surface area contributed by atoms with Crippen molar-refractivity contribution in [3.8, 4) is 11.1 Å². The lowest BCUT2D eigenvalue weighted by Crippen LogP contribution is -2.54. The van der Waals surface area contributed by atoms with E-state index in [1.165, 1.54) is 0 Å². The van der Waals surface area contributed by atoms with Gasteiger partial charge in [0, 0.05) is 19.0 Å². The van der Waals surface area contributed by atoms with Crippen molar-refractivity contribution in [2.45, 2.75) is 43.4 Å². The van der Waals surface area contributed by atoms with Crippen molar-refractivity contribution in [1.29, 1.82) is 0 Å². The van der Waals surface area contributed by atoms with Gasteiger partial charge in [-0.2, -0.15) is 0 Å². The molecule has 2 saturated heterocycles. The summed E-state index contributed by atoms with van der Waals surface area (Å²) in [7, 11) is 0. The largest absolute Gasteiger partial charge is 0.481 e. The lowest BCUT2D eigenvalue weighted by atomic mass is 9.98. The van der Waals surface area contributed by atoms with Crippen molar-refractivity contribution in [2.75, 3.05) is 19.7 Å². The molecule has 0 spiro atoms. The summed E-state index contributed by atoms with van der Waals surface area (Å²) in [5.74, 6) is -1.69. The topological polar surface area (TPSA) is 105 Å². The Morgan fingerprint density at radius 3 is 2.15 bits per heavy atom. The van der Waals surface area contributed by atoms with E-state index in [2.05, 4.69) is 5.32 Å². The molecule has 2 amide bonds. The van der Waals surface area contributed by atoms with E-state index in [1.807, 2.05) is 48.5 Å². The van der Waals surface area contributed by atoms with E-state index in [0.717, 1.165) is 35.1 Å². The number of carbonyl (C=O) groups is 3. The molecule has 1 aliphatic carbocycles. The maximum absolute atomic E-state index is 13.0. The lowest BCUT2D eigenvalue weighted by Gasteiger charge is -2.34. The fourth-order valence-electron chi connectivity index (χ4n) is 5.17. The highest BCUT2D eigenvalue weighted by molar-refractivity contribution is 5.89. The Morgan fingerprint density at radius 1 is 1.00 bits per heavy atom. The third kappa shape index (κ3) is 4.30. The van der Waals surface area contributed by atoms with Gasteiger partial charge in [0.05, 0.1) is 18.6 Å². The summed E-state index contributed by atoms with van der Waals surface area (Å²) >= 11 is 0. The maximum Gasteiger partial charge on any atom is 0.407 e. The van der Waals surface area contributed by atoms with Crippen molar-refractivity contribution in [2.24, 2.45) is 0 Å². The Bertz CT molecular complexity index is 1030. The summed E-state index contributed by atoms with van der Waals surface area (Å²) in [6.45, 7) is 0.922. The summed E-state index contributed by atoms with van der Waals surface area (Å²) in [6.07, 6.45) is 0.429. The number of benzene rings is 2. The molecule has 2 heterocycles.